The SMILES string of the molecule is CC(C)NC(=O)Cn1c(-c2cccc(F)c2)nc2ncc(N3CCC(N(C)C)CC3)cc2c1=O. The second-order valence-electron chi connectivity index (χ2n) is 9.31. The van der Waals surface area contributed by atoms with Gasteiger partial charge in [-0.2, -0.15) is 0 Å². The molecule has 34 heavy (non-hydrogen) atoms. The van der Waals surface area contributed by atoms with E-state index in [1.165, 1.54) is 16.7 Å². The summed E-state index contributed by atoms with van der Waals surface area (Å²) in [7, 11) is 4.19. The van der Waals surface area contributed by atoms with Crippen LogP contribution in [-0.2, 0) is 11.3 Å². The van der Waals surface area contributed by atoms with Gasteiger partial charge in [0.25, 0.3) is 5.56 Å². The molecular weight excluding hydrogens is 435 g/mol. The first-order valence-electron chi connectivity index (χ1n) is 11.6. The zero-order valence-electron chi connectivity index (χ0n) is 20.1. The number of carbonyl (C=O) groups excluding carboxylic acids is 1. The zero-order valence-corrected chi connectivity index (χ0v) is 20.1. The molecule has 0 spiro atoms. The van der Waals surface area contributed by atoms with Crippen LogP contribution in [0.15, 0.2) is 41.3 Å². The van der Waals surface area contributed by atoms with E-state index < -0.39 is 5.82 Å². The Labute approximate surface area is 198 Å². The Morgan fingerprint density at radius 2 is 1.97 bits per heavy atom. The number of pyridine rings is 1. The first kappa shape index (κ1) is 23.8. The molecule has 0 bridgehead atoms. The Morgan fingerprint density at radius 1 is 1.24 bits per heavy atom. The number of rotatable bonds is 6. The third-order valence-corrected chi connectivity index (χ3v) is 6.19. The van der Waals surface area contributed by atoms with Crippen LogP contribution in [0.5, 0.6) is 0 Å². The molecule has 1 N–H and O–H groups in total. The number of aromatic nitrogens is 3. The highest BCUT2D eigenvalue weighted by Gasteiger charge is 2.23. The molecule has 1 aliphatic heterocycles. The van der Waals surface area contributed by atoms with Gasteiger partial charge < -0.3 is 15.1 Å². The van der Waals surface area contributed by atoms with Gasteiger partial charge in [-0.15, -0.1) is 0 Å². The molecule has 8 nitrogen and oxygen atoms in total. The van der Waals surface area contributed by atoms with Gasteiger partial charge in [0.15, 0.2) is 5.65 Å². The van der Waals surface area contributed by atoms with Gasteiger partial charge >= 0.3 is 0 Å². The van der Waals surface area contributed by atoms with Gasteiger partial charge in [-0.1, -0.05) is 12.1 Å². The summed E-state index contributed by atoms with van der Waals surface area (Å²) in [4.78, 5) is 39.7. The number of nitrogens with zero attached hydrogens (tertiary/aromatic N) is 5. The second-order valence-corrected chi connectivity index (χ2v) is 9.31. The molecule has 0 unspecified atom stereocenters. The van der Waals surface area contributed by atoms with Crippen molar-refractivity contribution in [2.45, 2.75) is 45.3 Å². The lowest BCUT2D eigenvalue weighted by Crippen LogP contribution is -2.42. The van der Waals surface area contributed by atoms with Crippen molar-refractivity contribution in [2.24, 2.45) is 0 Å². The van der Waals surface area contributed by atoms with Crippen LogP contribution in [0, 0.1) is 5.82 Å². The fourth-order valence-electron chi connectivity index (χ4n) is 4.41. The molecule has 1 fully saturated rings. The van der Waals surface area contributed by atoms with Crippen LogP contribution in [0.1, 0.15) is 26.7 Å². The van der Waals surface area contributed by atoms with E-state index in [1.54, 1.807) is 24.4 Å². The second kappa shape index (κ2) is 9.89. The van der Waals surface area contributed by atoms with Gasteiger partial charge in [-0.3, -0.25) is 14.2 Å². The maximum atomic E-state index is 14.0. The Balaban J connectivity index is 1.77. The van der Waals surface area contributed by atoms with Crippen LogP contribution in [0.3, 0.4) is 0 Å². The number of carbonyl (C=O) groups is 1. The molecular formula is C25H31FN6O2. The van der Waals surface area contributed by atoms with Gasteiger partial charge in [0.1, 0.15) is 18.2 Å². The summed E-state index contributed by atoms with van der Waals surface area (Å²) in [5, 5.41) is 3.14. The molecule has 1 amide bonds. The minimum absolute atomic E-state index is 0.0763. The average Bonchev–Trinajstić information content (AvgIpc) is 2.80. The normalized spacial score (nSPS) is 14.9. The number of fused-ring (bicyclic) bond motifs is 1. The fraction of sp³-hybridized carbons (Fsp3) is 0.440. The lowest BCUT2D eigenvalue weighted by atomic mass is 10.0. The Kier molecular flexibility index (Phi) is 6.92. The van der Waals surface area contributed by atoms with E-state index in [0.29, 0.717) is 17.0 Å². The van der Waals surface area contributed by atoms with Gasteiger partial charge in [0.05, 0.1) is 17.3 Å². The number of piperidine rings is 1. The van der Waals surface area contributed by atoms with E-state index in [4.69, 9.17) is 0 Å². The number of hydrogen-bond acceptors (Lipinski definition) is 6. The molecule has 9 heteroatoms. The summed E-state index contributed by atoms with van der Waals surface area (Å²) in [6.45, 7) is 5.22. The molecule has 0 radical (unpaired) electrons. The van der Waals surface area contributed by atoms with E-state index in [2.05, 4.69) is 39.2 Å². The summed E-state index contributed by atoms with van der Waals surface area (Å²) in [5.41, 5.74) is 1.17. The molecule has 3 aromatic rings. The summed E-state index contributed by atoms with van der Waals surface area (Å²) < 4.78 is 15.3. The van der Waals surface area contributed by atoms with Crippen molar-refractivity contribution in [3.05, 3.63) is 52.7 Å². The predicted octanol–water partition coefficient (Wildman–Crippen LogP) is 2.65. The molecule has 180 valence electrons. The van der Waals surface area contributed by atoms with Crippen LogP contribution in [0.4, 0.5) is 10.1 Å². The topological polar surface area (TPSA) is 83.4 Å². The van der Waals surface area contributed by atoms with Crippen molar-refractivity contribution < 1.29 is 9.18 Å². The zero-order chi connectivity index (χ0) is 24.4. The average molecular weight is 467 g/mol. The van der Waals surface area contributed by atoms with Gasteiger partial charge in [-0.05, 0) is 59.0 Å². The van der Waals surface area contributed by atoms with E-state index >= 15 is 0 Å². The highest BCUT2D eigenvalue weighted by Crippen LogP contribution is 2.25. The van der Waals surface area contributed by atoms with Crippen molar-refractivity contribution in [1.29, 1.82) is 0 Å². The summed E-state index contributed by atoms with van der Waals surface area (Å²) in [6.07, 6.45) is 3.79. The molecule has 2 aromatic heterocycles. The smallest absolute Gasteiger partial charge is 0.263 e. The molecule has 0 saturated carbocycles. The van der Waals surface area contributed by atoms with Crippen molar-refractivity contribution in [1.82, 2.24) is 24.8 Å². The lowest BCUT2D eigenvalue weighted by molar-refractivity contribution is -0.122. The molecule has 1 aliphatic rings. The standard InChI is InChI=1S/C25H31FN6O2/c1-16(2)28-22(33)15-32-24(17-6-5-7-18(26)12-17)29-23-21(25(32)34)13-20(14-27-23)31-10-8-19(9-11-31)30(3)4/h5-7,12-14,16,19H,8-11,15H2,1-4H3,(H,28,33). The van der Waals surface area contributed by atoms with Crippen LogP contribution < -0.4 is 15.8 Å². The largest absolute Gasteiger partial charge is 0.370 e. The molecule has 1 saturated heterocycles. The fourth-order valence-corrected chi connectivity index (χ4v) is 4.41. The van der Waals surface area contributed by atoms with Gasteiger partial charge in [-0.25, -0.2) is 14.4 Å². The van der Waals surface area contributed by atoms with Crippen LogP contribution >= 0.6 is 0 Å². The number of halogens is 1. The molecule has 1 aromatic carbocycles. The first-order valence-corrected chi connectivity index (χ1v) is 11.6. The number of hydrogen-bond donors (Lipinski definition) is 1. The third-order valence-electron chi connectivity index (χ3n) is 6.19. The summed E-state index contributed by atoms with van der Waals surface area (Å²) in [5.74, 6) is -0.553. The molecule has 0 aliphatic carbocycles. The number of nitrogens with one attached hydrogen (secondary N) is 1. The number of anilines is 1. The van der Waals surface area contributed by atoms with Crippen LogP contribution in [0.25, 0.3) is 22.4 Å². The minimum Gasteiger partial charge on any atom is -0.370 e. The van der Waals surface area contributed by atoms with Crippen LogP contribution in [0.2, 0.25) is 0 Å². The molecule has 3 heterocycles. The first-order chi connectivity index (χ1) is 16.2. The Bertz CT molecular complexity index is 1250. The Hall–Kier alpha value is -3.33. The maximum Gasteiger partial charge on any atom is 0.263 e. The van der Waals surface area contributed by atoms with E-state index in [1.807, 2.05) is 13.8 Å². The quantitative estimate of drug-likeness (QED) is 0.602. The highest BCUT2D eigenvalue weighted by atomic mass is 19.1. The van der Waals surface area contributed by atoms with Crippen molar-refractivity contribution in [3.8, 4) is 11.4 Å². The number of benzene rings is 1. The van der Waals surface area contributed by atoms with Gasteiger partial charge in [0, 0.05) is 30.7 Å². The summed E-state index contributed by atoms with van der Waals surface area (Å²) >= 11 is 0. The lowest BCUT2D eigenvalue weighted by Gasteiger charge is -2.36. The highest BCUT2D eigenvalue weighted by molar-refractivity contribution is 5.81. The predicted molar refractivity (Wildman–Crippen MR) is 131 cm³/mol. The third kappa shape index (κ3) is 5.09. The number of amides is 1. The van der Waals surface area contributed by atoms with E-state index in [0.717, 1.165) is 31.6 Å². The van der Waals surface area contributed by atoms with Crippen molar-refractivity contribution in [2.75, 3.05) is 32.1 Å². The monoisotopic (exact) mass is 466 g/mol. The van der Waals surface area contributed by atoms with E-state index in [9.17, 15) is 14.0 Å². The molecule has 4 rings (SSSR count). The van der Waals surface area contributed by atoms with Crippen molar-refractivity contribution >= 4 is 22.6 Å². The summed E-state index contributed by atoms with van der Waals surface area (Å²) in [6, 6.07) is 8.10. The minimum atomic E-state index is -0.450. The Morgan fingerprint density at radius 3 is 2.62 bits per heavy atom. The maximum absolute atomic E-state index is 14.0. The van der Waals surface area contributed by atoms with Crippen molar-refractivity contribution in [3.63, 3.8) is 0 Å². The van der Waals surface area contributed by atoms with E-state index in [-0.39, 0.29) is 35.5 Å². The van der Waals surface area contributed by atoms with Crippen LogP contribution in [-0.4, -0.2) is 64.6 Å². The molecule has 0 atom stereocenters. The van der Waals surface area contributed by atoms with Gasteiger partial charge in [0.2, 0.25) is 5.91 Å².